The minimum atomic E-state index is -0.628. The SMILES string of the molecule is Cc1nn(-c2ccccc2)c(C)c1C(=O)O[C@@H](C)c1cccc([N+](=O)[O-])c1. The molecule has 0 aliphatic rings. The normalized spacial score (nSPS) is 11.8. The van der Waals surface area contributed by atoms with Crippen LogP contribution in [0.1, 0.15) is 40.3 Å². The third-order valence-corrected chi connectivity index (χ3v) is 4.33. The first-order valence-electron chi connectivity index (χ1n) is 8.45. The molecule has 1 atom stereocenters. The predicted molar refractivity (Wildman–Crippen MR) is 100.0 cm³/mol. The molecule has 0 bridgehead atoms. The summed E-state index contributed by atoms with van der Waals surface area (Å²) in [7, 11) is 0. The van der Waals surface area contributed by atoms with Gasteiger partial charge in [-0.3, -0.25) is 10.1 Å². The summed E-state index contributed by atoms with van der Waals surface area (Å²) in [5.41, 5.74) is 3.01. The molecule has 1 heterocycles. The predicted octanol–water partition coefficient (Wildman–Crippen LogP) is 4.32. The molecule has 1 aromatic heterocycles. The summed E-state index contributed by atoms with van der Waals surface area (Å²) in [4.78, 5) is 23.2. The summed E-state index contributed by atoms with van der Waals surface area (Å²) in [5, 5.41) is 15.4. The number of hydrogen-bond donors (Lipinski definition) is 0. The van der Waals surface area contributed by atoms with Crippen molar-refractivity contribution in [2.45, 2.75) is 26.9 Å². The fraction of sp³-hybridized carbons (Fsp3) is 0.200. The highest BCUT2D eigenvalue weighted by Crippen LogP contribution is 2.25. The molecule has 2 aromatic carbocycles. The molecule has 0 saturated heterocycles. The molecule has 0 N–H and O–H groups in total. The van der Waals surface area contributed by atoms with Crippen LogP contribution in [0.4, 0.5) is 5.69 Å². The molecule has 0 fully saturated rings. The van der Waals surface area contributed by atoms with E-state index < -0.39 is 17.0 Å². The van der Waals surface area contributed by atoms with Crippen LogP contribution in [-0.2, 0) is 4.74 Å². The smallest absolute Gasteiger partial charge is 0.342 e. The lowest BCUT2D eigenvalue weighted by Crippen LogP contribution is -2.11. The summed E-state index contributed by atoms with van der Waals surface area (Å²) < 4.78 is 7.25. The maximum absolute atomic E-state index is 12.7. The van der Waals surface area contributed by atoms with E-state index in [-0.39, 0.29) is 5.69 Å². The van der Waals surface area contributed by atoms with Gasteiger partial charge < -0.3 is 4.74 Å². The number of para-hydroxylation sites is 1. The molecule has 0 amide bonds. The third-order valence-electron chi connectivity index (χ3n) is 4.33. The van der Waals surface area contributed by atoms with E-state index in [1.165, 1.54) is 12.1 Å². The van der Waals surface area contributed by atoms with E-state index in [1.54, 1.807) is 30.7 Å². The standard InChI is InChI=1S/C20H19N3O4/c1-13-19(14(2)22(21-13)17-9-5-4-6-10-17)20(24)27-15(3)16-8-7-11-18(12-16)23(25)26/h4-12,15H,1-3H3/t15-/m0/s1. The molecule has 0 aliphatic heterocycles. The topological polar surface area (TPSA) is 87.3 Å². The molecular formula is C20H19N3O4. The van der Waals surface area contributed by atoms with Gasteiger partial charge in [0.05, 0.1) is 22.0 Å². The Hall–Kier alpha value is -3.48. The molecule has 27 heavy (non-hydrogen) atoms. The summed E-state index contributed by atoms with van der Waals surface area (Å²) in [6.07, 6.45) is -0.628. The van der Waals surface area contributed by atoms with Crippen molar-refractivity contribution in [2.24, 2.45) is 0 Å². The van der Waals surface area contributed by atoms with Gasteiger partial charge in [-0.2, -0.15) is 5.10 Å². The molecule has 0 spiro atoms. The van der Waals surface area contributed by atoms with Crippen molar-refractivity contribution in [1.29, 1.82) is 0 Å². The van der Waals surface area contributed by atoms with Gasteiger partial charge in [0, 0.05) is 12.1 Å². The fourth-order valence-electron chi connectivity index (χ4n) is 2.94. The average Bonchev–Trinajstić information content (AvgIpc) is 2.96. The van der Waals surface area contributed by atoms with E-state index in [0.717, 1.165) is 5.69 Å². The van der Waals surface area contributed by atoms with Crippen molar-refractivity contribution >= 4 is 11.7 Å². The van der Waals surface area contributed by atoms with Crippen LogP contribution >= 0.6 is 0 Å². The van der Waals surface area contributed by atoms with Crippen LogP contribution in [0.15, 0.2) is 54.6 Å². The molecular weight excluding hydrogens is 346 g/mol. The summed E-state index contributed by atoms with van der Waals surface area (Å²) in [6.45, 7) is 5.24. The van der Waals surface area contributed by atoms with Gasteiger partial charge in [0.25, 0.3) is 5.69 Å². The van der Waals surface area contributed by atoms with Gasteiger partial charge >= 0.3 is 5.97 Å². The molecule has 7 nitrogen and oxygen atoms in total. The third kappa shape index (κ3) is 3.72. The maximum atomic E-state index is 12.7. The Kier molecular flexibility index (Phi) is 5.03. The number of nitro groups is 1. The molecule has 0 unspecified atom stereocenters. The van der Waals surface area contributed by atoms with Crippen molar-refractivity contribution < 1.29 is 14.5 Å². The molecule has 7 heteroatoms. The minimum absolute atomic E-state index is 0.0420. The summed E-state index contributed by atoms with van der Waals surface area (Å²) in [6, 6.07) is 15.6. The zero-order valence-corrected chi connectivity index (χ0v) is 15.2. The van der Waals surface area contributed by atoms with E-state index in [0.29, 0.717) is 22.5 Å². The van der Waals surface area contributed by atoms with Crippen LogP contribution in [-0.4, -0.2) is 20.7 Å². The van der Waals surface area contributed by atoms with Gasteiger partial charge in [-0.25, -0.2) is 9.48 Å². The summed E-state index contributed by atoms with van der Waals surface area (Å²) in [5.74, 6) is -0.508. The Morgan fingerprint density at radius 3 is 2.52 bits per heavy atom. The fourth-order valence-corrected chi connectivity index (χ4v) is 2.94. The van der Waals surface area contributed by atoms with Gasteiger partial charge in [-0.15, -0.1) is 0 Å². The van der Waals surface area contributed by atoms with Crippen LogP contribution in [0.2, 0.25) is 0 Å². The molecule has 3 rings (SSSR count). The Morgan fingerprint density at radius 1 is 1.15 bits per heavy atom. The molecule has 3 aromatic rings. The number of aromatic nitrogens is 2. The van der Waals surface area contributed by atoms with Crippen molar-refractivity contribution in [1.82, 2.24) is 9.78 Å². The van der Waals surface area contributed by atoms with Crippen molar-refractivity contribution in [3.8, 4) is 5.69 Å². The number of carbonyl (C=O) groups is 1. The first kappa shape index (κ1) is 18.3. The molecule has 0 saturated carbocycles. The maximum Gasteiger partial charge on any atom is 0.342 e. The largest absolute Gasteiger partial charge is 0.454 e. The number of esters is 1. The van der Waals surface area contributed by atoms with E-state index in [4.69, 9.17) is 4.74 Å². The Bertz CT molecular complexity index is 996. The first-order chi connectivity index (χ1) is 12.9. The van der Waals surface area contributed by atoms with Crippen LogP contribution in [0, 0.1) is 24.0 Å². The van der Waals surface area contributed by atoms with Gasteiger partial charge in [-0.1, -0.05) is 30.3 Å². The Balaban J connectivity index is 1.85. The van der Waals surface area contributed by atoms with Crippen molar-refractivity contribution in [3.63, 3.8) is 0 Å². The average molecular weight is 365 g/mol. The monoisotopic (exact) mass is 365 g/mol. The Morgan fingerprint density at radius 2 is 1.85 bits per heavy atom. The number of nitro benzene ring substituents is 1. The van der Waals surface area contributed by atoms with Gasteiger partial charge in [-0.05, 0) is 38.5 Å². The zero-order chi connectivity index (χ0) is 19.6. The van der Waals surface area contributed by atoms with Crippen molar-refractivity contribution in [2.75, 3.05) is 0 Å². The lowest BCUT2D eigenvalue weighted by Gasteiger charge is -2.14. The van der Waals surface area contributed by atoms with E-state index in [2.05, 4.69) is 5.10 Å². The van der Waals surface area contributed by atoms with Gasteiger partial charge in [0.2, 0.25) is 0 Å². The van der Waals surface area contributed by atoms with E-state index >= 15 is 0 Å². The minimum Gasteiger partial charge on any atom is -0.454 e. The number of aryl methyl sites for hydroxylation is 1. The molecule has 0 radical (unpaired) electrons. The molecule has 138 valence electrons. The van der Waals surface area contributed by atoms with Gasteiger partial charge in [0.15, 0.2) is 0 Å². The van der Waals surface area contributed by atoms with Crippen LogP contribution in [0.5, 0.6) is 0 Å². The second-order valence-corrected chi connectivity index (χ2v) is 6.19. The van der Waals surface area contributed by atoms with Gasteiger partial charge in [0.1, 0.15) is 11.7 Å². The number of carbonyl (C=O) groups excluding carboxylic acids is 1. The molecule has 0 aliphatic carbocycles. The lowest BCUT2D eigenvalue weighted by molar-refractivity contribution is -0.385. The van der Waals surface area contributed by atoms with Crippen LogP contribution < -0.4 is 0 Å². The number of rotatable bonds is 5. The second-order valence-electron chi connectivity index (χ2n) is 6.19. The second kappa shape index (κ2) is 7.41. The van der Waals surface area contributed by atoms with E-state index in [9.17, 15) is 14.9 Å². The number of nitrogens with zero attached hydrogens (tertiary/aromatic N) is 3. The quantitative estimate of drug-likeness (QED) is 0.382. The first-order valence-corrected chi connectivity index (χ1v) is 8.45. The Labute approximate surface area is 156 Å². The van der Waals surface area contributed by atoms with Crippen molar-refractivity contribution in [3.05, 3.63) is 87.2 Å². The highest BCUT2D eigenvalue weighted by Gasteiger charge is 2.23. The highest BCUT2D eigenvalue weighted by molar-refractivity contribution is 5.92. The zero-order valence-electron chi connectivity index (χ0n) is 15.2. The number of benzene rings is 2. The number of hydrogen-bond acceptors (Lipinski definition) is 5. The highest BCUT2D eigenvalue weighted by atomic mass is 16.6. The van der Waals surface area contributed by atoms with E-state index in [1.807, 2.05) is 37.3 Å². The number of non-ortho nitro benzene ring substituents is 1. The summed E-state index contributed by atoms with van der Waals surface area (Å²) >= 11 is 0. The lowest BCUT2D eigenvalue weighted by atomic mass is 10.1. The number of ether oxygens (including phenoxy) is 1. The van der Waals surface area contributed by atoms with Crippen LogP contribution in [0.3, 0.4) is 0 Å². The van der Waals surface area contributed by atoms with Crippen LogP contribution in [0.25, 0.3) is 5.69 Å².